The molecule has 0 unspecified atom stereocenters. The topological polar surface area (TPSA) is 110 Å². The number of aliphatic imine (C=N–C) groups is 1. The Morgan fingerprint density at radius 3 is 2.86 bits per heavy atom. The fourth-order valence-corrected chi connectivity index (χ4v) is 3.44. The molecule has 0 aliphatic carbocycles. The first-order valence-electron chi connectivity index (χ1n) is 10.9. The van der Waals surface area contributed by atoms with Crippen LogP contribution in [-0.2, 0) is 16.1 Å². The van der Waals surface area contributed by atoms with Crippen LogP contribution in [0, 0.1) is 5.82 Å². The van der Waals surface area contributed by atoms with Gasteiger partial charge >= 0.3 is 0 Å². The van der Waals surface area contributed by atoms with E-state index in [0.717, 1.165) is 5.70 Å². The van der Waals surface area contributed by atoms with Gasteiger partial charge in [-0.05, 0) is 48.0 Å². The number of carbonyl (C=O) groups excluding carboxylic acids is 1. The summed E-state index contributed by atoms with van der Waals surface area (Å²) in [7, 11) is 1.46. The standard InChI is InChI=1S/C26H27ClFN5O3/c1-3-30-22-14-19(8-5-11-31-24(34)16-35-2)32-25(22)26(29)33-20-9-10-23(21(27)13-20)36-15-17-6-4-7-18(28)12-17/h3-10,12-14,32-33H,1,11,15-16,29H2,2H3,(H,31,34)/b8-5+,26-25-,30-22-. The molecule has 0 bridgehead atoms. The Morgan fingerprint density at radius 2 is 2.14 bits per heavy atom. The summed E-state index contributed by atoms with van der Waals surface area (Å²) < 4.78 is 23.8. The predicted molar refractivity (Wildman–Crippen MR) is 140 cm³/mol. The van der Waals surface area contributed by atoms with Crippen LogP contribution >= 0.6 is 11.6 Å². The molecule has 8 nitrogen and oxygen atoms in total. The number of ether oxygens (including phenoxy) is 2. The maximum absolute atomic E-state index is 13.4. The SMILES string of the molecule is C=C/N=C1C=C(/C=C/CNC(=O)COC)NC/1=C(/N)Nc1ccc(OCc2cccc(F)c2)c(Cl)c1. The second kappa shape index (κ2) is 13.1. The Bertz CT molecular complexity index is 1240. The lowest BCUT2D eigenvalue weighted by atomic mass is 10.2. The summed E-state index contributed by atoms with van der Waals surface area (Å²) in [6, 6.07) is 11.3. The highest BCUT2D eigenvalue weighted by atomic mass is 35.5. The number of hydrogen-bond acceptors (Lipinski definition) is 7. The van der Waals surface area contributed by atoms with Crippen LogP contribution in [0.25, 0.3) is 0 Å². The number of nitrogens with one attached hydrogen (secondary N) is 3. The van der Waals surface area contributed by atoms with Gasteiger partial charge in [0.1, 0.15) is 36.3 Å². The molecule has 0 atom stereocenters. The molecule has 5 N–H and O–H groups in total. The summed E-state index contributed by atoms with van der Waals surface area (Å²) in [5.41, 5.74) is 9.51. The molecule has 1 aliphatic rings. The lowest BCUT2D eigenvalue weighted by molar-refractivity contribution is -0.124. The molecular weight excluding hydrogens is 485 g/mol. The molecule has 3 rings (SSSR count). The number of allylic oxidation sites excluding steroid dienone is 2. The Labute approximate surface area is 214 Å². The minimum atomic E-state index is -0.327. The van der Waals surface area contributed by atoms with E-state index in [-0.39, 0.29) is 24.9 Å². The first-order valence-corrected chi connectivity index (χ1v) is 11.3. The van der Waals surface area contributed by atoms with E-state index in [2.05, 4.69) is 27.5 Å². The zero-order valence-electron chi connectivity index (χ0n) is 19.7. The van der Waals surface area contributed by atoms with E-state index in [1.807, 2.05) is 0 Å². The van der Waals surface area contributed by atoms with Crippen molar-refractivity contribution in [3.8, 4) is 5.75 Å². The number of nitrogens with zero attached hydrogens (tertiary/aromatic N) is 1. The molecule has 2 aromatic carbocycles. The summed E-state index contributed by atoms with van der Waals surface area (Å²) in [6.07, 6.45) is 6.80. The zero-order valence-corrected chi connectivity index (χ0v) is 20.4. The monoisotopic (exact) mass is 511 g/mol. The molecule has 188 valence electrons. The number of carbonyl (C=O) groups is 1. The van der Waals surface area contributed by atoms with E-state index in [0.29, 0.717) is 45.8 Å². The van der Waals surface area contributed by atoms with Gasteiger partial charge in [-0.15, -0.1) is 0 Å². The second-order valence-electron chi connectivity index (χ2n) is 7.54. The first-order chi connectivity index (χ1) is 17.4. The molecule has 0 saturated carbocycles. The molecule has 1 heterocycles. The first kappa shape index (κ1) is 26.5. The Kier molecular flexibility index (Phi) is 9.67. The molecule has 0 saturated heterocycles. The number of halogens is 2. The van der Waals surface area contributed by atoms with Crippen molar-refractivity contribution in [2.24, 2.45) is 10.7 Å². The van der Waals surface area contributed by atoms with E-state index in [1.54, 1.807) is 48.6 Å². The Morgan fingerprint density at radius 1 is 1.31 bits per heavy atom. The third-order valence-electron chi connectivity index (χ3n) is 4.80. The smallest absolute Gasteiger partial charge is 0.246 e. The van der Waals surface area contributed by atoms with Crippen LogP contribution in [0.3, 0.4) is 0 Å². The molecule has 2 aromatic rings. The van der Waals surface area contributed by atoms with Crippen LogP contribution in [0.1, 0.15) is 5.56 Å². The maximum atomic E-state index is 13.4. The highest BCUT2D eigenvalue weighted by molar-refractivity contribution is 6.32. The van der Waals surface area contributed by atoms with Crippen molar-refractivity contribution in [1.82, 2.24) is 10.6 Å². The molecule has 36 heavy (non-hydrogen) atoms. The van der Waals surface area contributed by atoms with Crippen molar-refractivity contribution in [2.45, 2.75) is 6.61 Å². The fourth-order valence-electron chi connectivity index (χ4n) is 3.20. The van der Waals surface area contributed by atoms with Crippen LogP contribution in [0.15, 0.2) is 95.7 Å². The average Bonchev–Trinajstić information content (AvgIpc) is 3.25. The molecule has 10 heteroatoms. The van der Waals surface area contributed by atoms with Gasteiger partial charge in [-0.2, -0.15) is 0 Å². The minimum absolute atomic E-state index is 0.00411. The Balaban J connectivity index is 1.64. The van der Waals surface area contributed by atoms with E-state index in [1.165, 1.54) is 25.4 Å². The van der Waals surface area contributed by atoms with Gasteiger partial charge in [0.05, 0.1) is 10.7 Å². The highest BCUT2D eigenvalue weighted by Gasteiger charge is 2.18. The van der Waals surface area contributed by atoms with Gasteiger partial charge in [-0.3, -0.25) is 9.79 Å². The number of hydrogen-bond donors (Lipinski definition) is 4. The van der Waals surface area contributed by atoms with Crippen LogP contribution in [-0.4, -0.2) is 31.9 Å². The normalized spacial score (nSPS) is 15.4. The van der Waals surface area contributed by atoms with Gasteiger partial charge in [-0.1, -0.05) is 36.4 Å². The fraction of sp³-hybridized carbons (Fsp3) is 0.154. The van der Waals surface area contributed by atoms with E-state index < -0.39 is 0 Å². The molecule has 1 amide bonds. The summed E-state index contributed by atoms with van der Waals surface area (Å²) >= 11 is 6.38. The van der Waals surface area contributed by atoms with Crippen LogP contribution < -0.4 is 26.4 Å². The van der Waals surface area contributed by atoms with Crippen molar-refractivity contribution >= 4 is 28.9 Å². The second-order valence-corrected chi connectivity index (χ2v) is 7.95. The van der Waals surface area contributed by atoms with Crippen molar-refractivity contribution in [3.63, 3.8) is 0 Å². The lowest BCUT2D eigenvalue weighted by Gasteiger charge is -2.13. The molecule has 0 fully saturated rings. The van der Waals surface area contributed by atoms with Gasteiger partial charge in [0.15, 0.2) is 0 Å². The quantitative estimate of drug-likeness (QED) is 0.363. The zero-order chi connectivity index (χ0) is 25.9. The largest absolute Gasteiger partial charge is 0.487 e. The van der Waals surface area contributed by atoms with Crippen molar-refractivity contribution in [2.75, 3.05) is 25.6 Å². The van der Waals surface area contributed by atoms with E-state index in [4.69, 9.17) is 26.8 Å². The third-order valence-corrected chi connectivity index (χ3v) is 5.10. The molecule has 0 spiro atoms. The van der Waals surface area contributed by atoms with Gasteiger partial charge < -0.3 is 31.2 Å². The van der Waals surface area contributed by atoms with Gasteiger partial charge in [0, 0.05) is 31.2 Å². The molecule has 0 aromatic heterocycles. The average molecular weight is 512 g/mol. The third kappa shape index (κ3) is 7.72. The van der Waals surface area contributed by atoms with Gasteiger partial charge in [-0.25, -0.2) is 4.39 Å². The highest BCUT2D eigenvalue weighted by Crippen LogP contribution is 2.29. The van der Waals surface area contributed by atoms with Crippen LogP contribution in [0.2, 0.25) is 5.02 Å². The van der Waals surface area contributed by atoms with Crippen molar-refractivity contribution in [3.05, 3.63) is 107 Å². The number of methoxy groups -OCH3 is 1. The number of anilines is 1. The number of rotatable bonds is 11. The lowest BCUT2D eigenvalue weighted by Crippen LogP contribution is -2.27. The maximum Gasteiger partial charge on any atom is 0.246 e. The van der Waals surface area contributed by atoms with Crippen LogP contribution in [0.5, 0.6) is 5.75 Å². The summed E-state index contributed by atoms with van der Waals surface area (Å²) in [4.78, 5) is 15.7. The molecule has 0 radical (unpaired) electrons. The van der Waals surface area contributed by atoms with Crippen molar-refractivity contribution < 1.29 is 18.7 Å². The summed E-state index contributed by atoms with van der Waals surface area (Å²) in [6.45, 7) is 4.17. The number of amides is 1. The number of nitrogens with two attached hydrogens (primary N) is 1. The van der Waals surface area contributed by atoms with Crippen molar-refractivity contribution in [1.29, 1.82) is 0 Å². The summed E-state index contributed by atoms with van der Waals surface area (Å²) in [5.74, 6) is 0.236. The summed E-state index contributed by atoms with van der Waals surface area (Å²) in [5, 5.41) is 9.36. The Hall–Kier alpha value is -4.08. The van der Waals surface area contributed by atoms with E-state index >= 15 is 0 Å². The van der Waals surface area contributed by atoms with Crippen LogP contribution in [0.4, 0.5) is 10.1 Å². The van der Waals surface area contributed by atoms with E-state index in [9.17, 15) is 9.18 Å². The molecular formula is C26H27ClFN5O3. The predicted octanol–water partition coefficient (Wildman–Crippen LogP) is 3.99. The van der Waals surface area contributed by atoms with Gasteiger partial charge in [0.25, 0.3) is 0 Å². The molecule has 1 aliphatic heterocycles. The van der Waals surface area contributed by atoms with Gasteiger partial charge in [0.2, 0.25) is 5.91 Å². The minimum Gasteiger partial charge on any atom is -0.487 e. The number of benzene rings is 2.